The summed E-state index contributed by atoms with van der Waals surface area (Å²) in [5.41, 5.74) is 0. The molecule has 0 saturated heterocycles. The molecule has 0 aromatic rings. The summed E-state index contributed by atoms with van der Waals surface area (Å²) in [7, 11) is 0. The minimum atomic E-state index is -0.177. The number of nitriles is 1. The Morgan fingerprint density at radius 3 is 1.86 bits per heavy atom. The van der Waals surface area contributed by atoms with E-state index in [4.69, 9.17) is 28.5 Å². The summed E-state index contributed by atoms with van der Waals surface area (Å²) >= 11 is 10.5. The summed E-state index contributed by atoms with van der Waals surface area (Å²) in [4.78, 5) is 0. The fourth-order valence-corrected chi connectivity index (χ4v) is 0.578. The summed E-state index contributed by atoms with van der Waals surface area (Å²) in [6.07, 6.45) is 0. The molecule has 1 nitrogen and oxygen atoms in total. The van der Waals surface area contributed by atoms with Crippen LogP contribution in [0.15, 0.2) is 0 Å². The number of hydrogen-bond acceptors (Lipinski definition) is 1. The SMILES string of the molecule is N#CC(CCl)CCl. The molecule has 0 aromatic carbocycles. The lowest BCUT2D eigenvalue weighted by atomic mass is 10.3. The highest BCUT2D eigenvalue weighted by Crippen LogP contribution is 1.98. The van der Waals surface area contributed by atoms with Gasteiger partial charge in [-0.15, -0.1) is 23.2 Å². The first kappa shape index (κ1) is 7.07. The Morgan fingerprint density at radius 1 is 1.43 bits per heavy atom. The van der Waals surface area contributed by atoms with Crippen molar-refractivity contribution in [1.29, 1.82) is 5.26 Å². The van der Waals surface area contributed by atoms with Crippen molar-refractivity contribution in [1.82, 2.24) is 0 Å². The molecule has 0 radical (unpaired) electrons. The number of nitrogens with zero attached hydrogens (tertiary/aromatic N) is 1. The van der Waals surface area contributed by atoms with Gasteiger partial charge in [-0.1, -0.05) is 0 Å². The molecule has 7 heavy (non-hydrogen) atoms. The van der Waals surface area contributed by atoms with E-state index < -0.39 is 0 Å². The van der Waals surface area contributed by atoms with E-state index in [0.717, 1.165) is 0 Å². The van der Waals surface area contributed by atoms with Crippen molar-refractivity contribution in [3.05, 3.63) is 0 Å². The molecule has 0 N–H and O–H groups in total. The Labute approximate surface area is 52.8 Å². The fraction of sp³-hybridized carbons (Fsp3) is 0.750. The van der Waals surface area contributed by atoms with Crippen LogP contribution in [0.1, 0.15) is 0 Å². The summed E-state index contributed by atoms with van der Waals surface area (Å²) in [6.45, 7) is 0. The van der Waals surface area contributed by atoms with E-state index in [2.05, 4.69) is 0 Å². The molecule has 0 rings (SSSR count). The molecule has 0 unspecified atom stereocenters. The predicted octanol–water partition coefficient (Wildman–Crippen LogP) is 1.60. The Balaban J connectivity index is 3.23. The maximum absolute atomic E-state index is 8.11. The standard InChI is InChI=1S/C4H5Cl2N/c5-1-4(2-6)3-7/h4H,1-2H2. The Morgan fingerprint density at radius 2 is 1.86 bits per heavy atom. The number of rotatable bonds is 2. The minimum absolute atomic E-state index is 0.177. The van der Waals surface area contributed by atoms with Crippen LogP contribution in [0, 0.1) is 17.2 Å². The Bertz CT molecular complexity index is 72.2. The van der Waals surface area contributed by atoms with Gasteiger partial charge in [0.15, 0.2) is 0 Å². The van der Waals surface area contributed by atoms with Crippen molar-refractivity contribution < 1.29 is 0 Å². The topological polar surface area (TPSA) is 23.8 Å². The van der Waals surface area contributed by atoms with Gasteiger partial charge in [0.05, 0.1) is 12.0 Å². The molecule has 3 heteroatoms. The lowest BCUT2D eigenvalue weighted by molar-refractivity contribution is 0.868. The molecule has 0 aliphatic carbocycles. The summed E-state index contributed by atoms with van der Waals surface area (Å²) in [6, 6.07) is 1.94. The molecule has 40 valence electrons. The number of alkyl halides is 2. The van der Waals surface area contributed by atoms with Gasteiger partial charge in [-0.3, -0.25) is 0 Å². The van der Waals surface area contributed by atoms with Crippen LogP contribution < -0.4 is 0 Å². The zero-order valence-electron chi connectivity index (χ0n) is 3.69. The summed E-state index contributed by atoms with van der Waals surface area (Å²) in [5, 5.41) is 8.11. The predicted molar refractivity (Wildman–Crippen MR) is 30.5 cm³/mol. The van der Waals surface area contributed by atoms with Crippen LogP contribution in [0.2, 0.25) is 0 Å². The molecule has 0 spiro atoms. The number of hydrogen-bond donors (Lipinski definition) is 0. The van der Waals surface area contributed by atoms with Gasteiger partial charge in [-0.2, -0.15) is 5.26 Å². The van der Waals surface area contributed by atoms with E-state index in [-0.39, 0.29) is 5.92 Å². The van der Waals surface area contributed by atoms with E-state index in [1.54, 1.807) is 0 Å². The van der Waals surface area contributed by atoms with Gasteiger partial charge in [0.1, 0.15) is 0 Å². The van der Waals surface area contributed by atoms with Crippen molar-refractivity contribution >= 4 is 23.2 Å². The molecule has 0 heterocycles. The van der Waals surface area contributed by atoms with Gasteiger partial charge in [0.2, 0.25) is 0 Å². The third-order valence-electron chi connectivity index (χ3n) is 0.555. The van der Waals surface area contributed by atoms with Crippen molar-refractivity contribution in [2.24, 2.45) is 5.92 Å². The van der Waals surface area contributed by atoms with Gasteiger partial charge in [0.25, 0.3) is 0 Å². The van der Waals surface area contributed by atoms with Crippen LogP contribution in [0.3, 0.4) is 0 Å². The highest BCUT2D eigenvalue weighted by atomic mass is 35.5. The summed E-state index contributed by atoms with van der Waals surface area (Å²) in [5.74, 6) is 0.489. The molecule has 0 bridgehead atoms. The first-order chi connectivity index (χ1) is 3.35. The van der Waals surface area contributed by atoms with E-state index in [0.29, 0.717) is 11.8 Å². The molecule has 0 fully saturated rings. The fourth-order valence-electron chi connectivity index (χ4n) is 0.110. The molecule has 0 aliphatic rings. The Kier molecular flexibility index (Phi) is 4.28. The van der Waals surface area contributed by atoms with Crippen molar-refractivity contribution in [2.45, 2.75) is 0 Å². The molecule has 0 saturated carbocycles. The minimum Gasteiger partial charge on any atom is -0.198 e. The molecule has 0 amide bonds. The monoisotopic (exact) mass is 137 g/mol. The maximum Gasteiger partial charge on any atom is 0.0733 e. The van der Waals surface area contributed by atoms with Gasteiger partial charge in [-0.05, 0) is 0 Å². The second-order valence-corrected chi connectivity index (χ2v) is 1.75. The molecule has 0 atom stereocenters. The summed E-state index contributed by atoms with van der Waals surface area (Å²) < 4.78 is 0. The van der Waals surface area contributed by atoms with Crippen LogP contribution in [0.5, 0.6) is 0 Å². The van der Waals surface area contributed by atoms with Crippen LogP contribution in [-0.4, -0.2) is 11.8 Å². The van der Waals surface area contributed by atoms with Gasteiger partial charge in [-0.25, -0.2) is 0 Å². The smallest absolute Gasteiger partial charge is 0.0733 e. The largest absolute Gasteiger partial charge is 0.198 e. The lowest BCUT2D eigenvalue weighted by Gasteiger charge is -1.92. The van der Waals surface area contributed by atoms with E-state index in [9.17, 15) is 0 Å². The zero-order chi connectivity index (χ0) is 5.70. The first-order valence-corrected chi connectivity index (χ1v) is 2.93. The molecular formula is C4H5Cl2N. The molecule has 0 aromatic heterocycles. The highest BCUT2D eigenvalue weighted by Gasteiger charge is 1.99. The van der Waals surface area contributed by atoms with Crippen molar-refractivity contribution in [3.63, 3.8) is 0 Å². The van der Waals surface area contributed by atoms with E-state index >= 15 is 0 Å². The maximum atomic E-state index is 8.11. The first-order valence-electron chi connectivity index (χ1n) is 1.86. The van der Waals surface area contributed by atoms with Crippen LogP contribution in [0.4, 0.5) is 0 Å². The van der Waals surface area contributed by atoms with Gasteiger partial charge < -0.3 is 0 Å². The van der Waals surface area contributed by atoms with Gasteiger partial charge >= 0.3 is 0 Å². The van der Waals surface area contributed by atoms with E-state index in [1.807, 2.05) is 6.07 Å². The van der Waals surface area contributed by atoms with Crippen LogP contribution in [0.25, 0.3) is 0 Å². The average Bonchev–Trinajstić information content (AvgIpc) is 1.72. The van der Waals surface area contributed by atoms with E-state index in [1.165, 1.54) is 0 Å². The molecule has 0 aliphatic heterocycles. The zero-order valence-corrected chi connectivity index (χ0v) is 5.21. The Hall–Kier alpha value is 0.0700. The third kappa shape index (κ3) is 2.73. The second kappa shape index (κ2) is 4.23. The quantitative estimate of drug-likeness (QED) is 0.531. The van der Waals surface area contributed by atoms with Crippen molar-refractivity contribution in [2.75, 3.05) is 11.8 Å². The molecular weight excluding hydrogens is 133 g/mol. The van der Waals surface area contributed by atoms with Crippen LogP contribution >= 0.6 is 23.2 Å². The van der Waals surface area contributed by atoms with Crippen molar-refractivity contribution in [3.8, 4) is 6.07 Å². The lowest BCUT2D eigenvalue weighted by Crippen LogP contribution is -1.98. The average molecular weight is 138 g/mol. The highest BCUT2D eigenvalue weighted by molar-refractivity contribution is 6.21. The second-order valence-electron chi connectivity index (χ2n) is 1.13. The van der Waals surface area contributed by atoms with Crippen LogP contribution in [-0.2, 0) is 0 Å². The van der Waals surface area contributed by atoms with Gasteiger partial charge in [0, 0.05) is 11.8 Å². The number of halogens is 2. The third-order valence-corrected chi connectivity index (χ3v) is 1.30. The normalized spacial score (nSPS) is 8.86.